The standard InChI is InChI=1S/C50H28N4OS2/c1-3-11-30(12-4-1)47-52-48(33-16-9-15-32(27-33)35-18-10-20-40-43(35)36-17-7-8-19-39(36)56-40)54-49(53-47)34-22-21-29-23-25-41-44(37(29)28-34)45-42(57-41)26-24-38-46(45)51-50(55-38)31-13-5-2-6-14-31/h1-28H. The lowest BCUT2D eigenvalue weighted by Gasteiger charge is -2.11. The predicted molar refractivity (Wildman–Crippen MR) is 238 cm³/mol. The Balaban J connectivity index is 1.05. The average molecular weight is 765 g/mol. The summed E-state index contributed by atoms with van der Waals surface area (Å²) in [6.07, 6.45) is 0. The van der Waals surface area contributed by atoms with Crippen molar-refractivity contribution in [2.24, 2.45) is 0 Å². The van der Waals surface area contributed by atoms with Crippen LogP contribution in [0.25, 0.3) is 119 Å². The van der Waals surface area contributed by atoms with Gasteiger partial charge in [0.05, 0.1) is 0 Å². The van der Waals surface area contributed by atoms with Crippen LogP contribution in [0.15, 0.2) is 174 Å². The van der Waals surface area contributed by atoms with Gasteiger partial charge in [0.15, 0.2) is 23.1 Å². The summed E-state index contributed by atoms with van der Waals surface area (Å²) in [6.45, 7) is 0. The van der Waals surface area contributed by atoms with Gasteiger partial charge in [-0.1, -0.05) is 115 Å². The molecule has 4 aromatic heterocycles. The van der Waals surface area contributed by atoms with Crippen LogP contribution in [0.3, 0.4) is 0 Å². The van der Waals surface area contributed by atoms with E-state index in [1.807, 2.05) is 65.9 Å². The van der Waals surface area contributed by atoms with Crippen LogP contribution in [0.1, 0.15) is 0 Å². The summed E-state index contributed by atoms with van der Waals surface area (Å²) in [7, 11) is 0. The molecule has 0 amide bonds. The third-order valence-corrected chi connectivity index (χ3v) is 13.0. The van der Waals surface area contributed by atoms with E-state index >= 15 is 0 Å². The zero-order valence-electron chi connectivity index (χ0n) is 30.2. The fraction of sp³-hybridized carbons (Fsp3) is 0. The van der Waals surface area contributed by atoms with E-state index in [0.717, 1.165) is 60.5 Å². The summed E-state index contributed by atoms with van der Waals surface area (Å²) < 4.78 is 11.3. The van der Waals surface area contributed by atoms with Gasteiger partial charge < -0.3 is 4.42 Å². The second-order valence-electron chi connectivity index (χ2n) is 14.2. The van der Waals surface area contributed by atoms with Crippen molar-refractivity contribution >= 4 is 84.9 Å². The molecule has 0 aliphatic heterocycles. The molecule has 266 valence electrons. The van der Waals surface area contributed by atoms with E-state index in [-0.39, 0.29) is 0 Å². The van der Waals surface area contributed by atoms with Gasteiger partial charge in [-0.2, -0.15) is 0 Å². The molecule has 7 heteroatoms. The van der Waals surface area contributed by atoms with E-state index in [1.165, 1.54) is 35.1 Å². The van der Waals surface area contributed by atoms with Gasteiger partial charge in [-0.3, -0.25) is 0 Å². The Kier molecular flexibility index (Phi) is 7.20. The van der Waals surface area contributed by atoms with Gasteiger partial charge in [0, 0.05) is 62.6 Å². The predicted octanol–water partition coefficient (Wildman–Crippen LogP) is 14.2. The van der Waals surface area contributed by atoms with Crippen LogP contribution >= 0.6 is 22.7 Å². The SMILES string of the molecule is c1ccc(-c2nc(-c3cccc(-c4cccc5sc6ccccc6c45)c3)nc(-c3ccc4ccc5sc6ccc7oc(-c8ccccc8)nc7c6c5c4c3)n2)cc1. The molecular weight excluding hydrogens is 737 g/mol. The fourth-order valence-corrected chi connectivity index (χ4v) is 10.4. The lowest BCUT2D eigenvalue weighted by molar-refractivity contribution is 0.620. The maximum Gasteiger partial charge on any atom is 0.227 e. The van der Waals surface area contributed by atoms with Crippen LogP contribution in [0.4, 0.5) is 0 Å². The molecule has 0 radical (unpaired) electrons. The van der Waals surface area contributed by atoms with Gasteiger partial charge in [-0.25, -0.2) is 19.9 Å². The molecule has 12 aromatic rings. The van der Waals surface area contributed by atoms with Crippen LogP contribution < -0.4 is 0 Å². The topological polar surface area (TPSA) is 64.7 Å². The average Bonchev–Trinajstić information content (AvgIpc) is 4.00. The molecule has 0 bridgehead atoms. The van der Waals surface area contributed by atoms with Gasteiger partial charge in [0.1, 0.15) is 5.52 Å². The first-order chi connectivity index (χ1) is 28.2. The van der Waals surface area contributed by atoms with Gasteiger partial charge in [-0.05, 0) is 76.5 Å². The van der Waals surface area contributed by atoms with Crippen molar-refractivity contribution in [2.75, 3.05) is 0 Å². The van der Waals surface area contributed by atoms with Crippen molar-refractivity contribution < 1.29 is 4.42 Å². The largest absolute Gasteiger partial charge is 0.436 e. The van der Waals surface area contributed by atoms with Crippen LogP contribution in [-0.2, 0) is 0 Å². The highest BCUT2D eigenvalue weighted by Gasteiger charge is 2.19. The Labute approximate surface area is 334 Å². The molecule has 8 aromatic carbocycles. The Morgan fingerprint density at radius 1 is 0.368 bits per heavy atom. The normalized spacial score (nSPS) is 11.9. The lowest BCUT2D eigenvalue weighted by Crippen LogP contribution is -2.00. The second-order valence-corrected chi connectivity index (χ2v) is 16.3. The molecule has 0 fully saturated rings. The molecule has 0 unspecified atom stereocenters. The summed E-state index contributed by atoms with van der Waals surface area (Å²) >= 11 is 3.61. The van der Waals surface area contributed by atoms with Crippen molar-refractivity contribution in [1.29, 1.82) is 0 Å². The number of fused-ring (bicyclic) bond motifs is 10. The van der Waals surface area contributed by atoms with E-state index in [0.29, 0.717) is 23.4 Å². The molecule has 0 aliphatic carbocycles. The van der Waals surface area contributed by atoms with Crippen molar-refractivity contribution in [1.82, 2.24) is 19.9 Å². The number of hydrogen-bond donors (Lipinski definition) is 0. The molecule has 57 heavy (non-hydrogen) atoms. The minimum Gasteiger partial charge on any atom is -0.436 e. The zero-order chi connectivity index (χ0) is 37.5. The van der Waals surface area contributed by atoms with Gasteiger partial charge in [-0.15, -0.1) is 22.7 Å². The highest BCUT2D eigenvalue weighted by Crippen LogP contribution is 2.44. The Morgan fingerprint density at radius 2 is 0.965 bits per heavy atom. The monoisotopic (exact) mass is 764 g/mol. The number of rotatable bonds is 5. The first kappa shape index (κ1) is 32.2. The Morgan fingerprint density at radius 3 is 1.81 bits per heavy atom. The quantitative estimate of drug-likeness (QED) is 0.175. The van der Waals surface area contributed by atoms with Crippen LogP contribution in [-0.4, -0.2) is 19.9 Å². The van der Waals surface area contributed by atoms with Crippen LogP contribution in [0, 0.1) is 0 Å². The number of aromatic nitrogens is 4. The number of nitrogens with zero attached hydrogens (tertiary/aromatic N) is 4. The molecule has 0 spiro atoms. The van der Waals surface area contributed by atoms with Crippen LogP contribution in [0.2, 0.25) is 0 Å². The third-order valence-electron chi connectivity index (χ3n) is 10.8. The van der Waals surface area contributed by atoms with E-state index in [1.54, 1.807) is 11.3 Å². The number of hydrogen-bond acceptors (Lipinski definition) is 7. The molecule has 0 saturated heterocycles. The molecule has 0 saturated carbocycles. The van der Waals surface area contributed by atoms with Crippen LogP contribution in [0.5, 0.6) is 0 Å². The molecule has 12 rings (SSSR count). The highest BCUT2D eigenvalue weighted by atomic mass is 32.1. The summed E-state index contributed by atoms with van der Waals surface area (Å²) in [5.41, 5.74) is 7.70. The highest BCUT2D eigenvalue weighted by molar-refractivity contribution is 7.26. The number of oxazole rings is 1. The van der Waals surface area contributed by atoms with Crippen molar-refractivity contribution in [2.45, 2.75) is 0 Å². The molecule has 0 atom stereocenters. The lowest BCUT2D eigenvalue weighted by atomic mass is 9.98. The summed E-state index contributed by atoms with van der Waals surface area (Å²) in [6, 6.07) is 59.2. The van der Waals surface area contributed by atoms with Crippen molar-refractivity contribution in [3.8, 4) is 56.7 Å². The van der Waals surface area contributed by atoms with E-state index in [2.05, 4.69) is 115 Å². The molecule has 5 nitrogen and oxygen atoms in total. The zero-order valence-corrected chi connectivity index (χ0v) is 31.8. The van der Waals surface area contributed by atoms with Crippen molar-refractivity contribution in [3.63, 3.8) is 0 Å². The van der Waals surface area contributed by atoms with E-state index < -0.39 is 0 Å². The van der Waals surface area contributed by atoms with Gasteiger partial charge in [0.2, 0.25) is 5.89 Å². The first-order valence-electron chi connectivity index (χ1n) is 18.8. The Bertz CT molecular complexity index is 3530. The number of benzene rings is 8. The molecule has 4 heterocycles. The van der Waals surface area contributed by atoms with Gasteiger partial charge in [0.25, 0.3) is 0 Å². The number of thiophene rings is 2. The van der Waals surface area contributed by atoms with Crippen molar-refractivity contribution in [3.05, 3.63) is 170 Å². The Hall–Kier alpha value is -7.06. The first-order valence-corrected chi connectivity index (χ1v) is 20.4. The summed E-state index contributed by atoms with van der Waals surface area (Å²) in [4.78, 5) is 20.5. The maximum atomic E-state index is 6.34. The molecule has 0 N–H and O–H groups in total. The van der Waals surface area contributed by atoms with E-state index in [4.69, 9.17) is 24.4 Å². The third kappa shape index (κ3) is 5.28. The minimum absolute atomic E-state index is 0.617. The van der Waals surface area contributed by atoms with E-state index in [9.17, 15) is 0 Å². The maximum absolute atomic E-state index is 6.34. The summed E-state index contributed by atoms with van der Waals surface area (Å²) in [5.74, 6) is 2.49. The minimum atomic E-state index is 0.617. The second kappa shape index (κ2) is 12.7. The fourth-order valence-electron chi connectivity index (χ4n) is 8.10. The smallest absolute Gasteiger partial charge is 0.227 e. The molecule has 0 aliphatic rings. The molecular formula is C50H28N4OS2. The van der Waals surface area contributed by atoms with Gasteiger partial charge >= 0.3 is 0 Å². The summed E-state index contributed by atoms with van der Waals surface area (Å²) in [5, 5.41) is 7.07.